The van der Waals surface area contributed by atoms with Gasteiger partial charge in [-0.2, -0.15) is 13.2 Å². The van der Waals surface area contributed by atoms with Crippen molar-refractivity contribution in [3.63, 3.8) is 0 Å². The Morgan fingerprint density at radius 1 is 1.04 bits per heavy atom. The van der Waals surface area contributed by atoms with Crippen LogP contribution in [0.3, 0.4) is 0 Å². The van der Waals surface area contributed by atoms with Gasteiger partial charge in [0.05, 0.1) is 0 Å². The number of aromatic nitrogens is 3. The molecule has 2 saturated heterocycles. The molecule has 2 fully saturated rings. The summed E-state index contributed by atoms with van der Waals surface area (Å²) in [5.74, 6) is 0.291. The quantitative estimate of drug-likeness (QED) is 0.903. The van der Waals surface area contributed by atoms with Crippen LogP contribution in [0.2, 0.25) is 0 Å². The van der Waals surface area contributed by atoms with E-state index in [0.29, 0.717) is 11.6 Å². The zero-order valence-corrected chi connectivity index (χ0v) is 14.2. The Hall–Kier alpha value is -2.22. The first-order valence-electron chi connectivity index (χ1n) is 8.88. The van der Waals surface area contributed by atoms with Gasteiger partial charge in [-0.05, 0) is 37.9 Å². The summed E-state index contributed by atoms with van der Waals surface area (Å²) in [4.78, 5) is 14.4. The molecule has 0 spiro atoms. The molecular formula is C18H20F3N5. The lowest BCUT2D eigenvalue weighted by Crippen LogP contribution is -2.41. The van der Waals surface area contributed by atoms with E-state index in [1.807, 2.05) is 0 Å². The average molecular weight is 363 g/mol. The number of hydrogen-bond donors (Lipinski definition) is 1. The number of anilines is 1. The van der Waals surface area contributed by atoms with Crippen molar-refractivity contribution < 1.29 is 13.2 Å². The molecule has 0 radical (unpaired) electrons. The molecule has 0 saturated carbocycles. The molecule has 4 heterocycles. The number of hydrogen-bond acceptors (Lipinski definition) is 5. The Bertz CT molecular complexity index is 765. The molecule has 2 unspecified atom stereocenters. The lowest BCUT2D eigenvalue weighted by atomic mass is 9.99. The van der Waals surface area contributed by atoms with Crippen LogP contribution in [0.5, 0.6) is 0 Å². The molecule has 26 heavy (non-hydrogen) atoms. The minimum atomic E-state index is -4.52. The molecule has 4 rings (SSSR count). The Balaban J connectivity index is 1.65. The Kier molecular flexibility index (Phi) is 4.52. The largest absolute Gasteiger partial charge is 0.433 e. The van der Waals surface area contributed by atoms with Crippen LogP contribution in [0.1, 0.15) is 31.4 Å². The summed E-state index contributed by atoms with van der Waals surface area (Å²) in [7, 11) is 0. The molecule has 2 aliphatic rings. The van der Waals surface area contributed by atoms with Crippen molar-refractivity contribution in [3.8, 4) is 11.4 Å². The van der Waals surface area contributed by atoms with Crippen LogP contribution in [0, 0.1) is 0 Å². The number of halogens is 3. The van der Waals surface area contributed by atoms with Gasteiger partial charge in [-0.3, -0.25) is 9.88 Å². The van der Waals surface area contributed by atoms with Crippen LogP contribution < -0.4 is 5.32 Å². The molecule has 0 amide bonds. The molecule has 0 aromatic carbocycles. The fourth-order valence-corrected chi connectivity index (χ4v) is 3.90. The number of piperidine rings is 1. The predicted octanol–water partition coefficient (Wildman–Crippen LogP) is 3.60. The SMILES string of the molecule is FC(F)(F)c1cc(NC2CCN3CCCCC23)nc(-c2ccncc2)n1. The van der Waals surface area contributed by atoms with E-state index >= 15 is 0 Å². The standard InChI is InChI=1S/C18H20F3N5/c19-18(20,21)15-11-16(25-17(24-15)12-4-7-22-8-5-12)23-13-6-10-26-9-2-1-3-14(13)26/h4-5,7-8,11,13-14H,1-3,6,9-10H2,(H,23,24,25). The van der Waals surface area contributed by atoms with Crippen molar-refractivity contribution >= 4 is 5.82 Å². The molecule has 2 aliphatic heterocycles. The summed E-state index contributed by atoms with van der Waals surface area (Å²) in [6, 6.07) is 4.72. The number of nitrogens with one attached hydrogen (secondary N) is 1. The van der Waals surface area contributed by atoms with Gasteiger partial charge < -0.3 is 5.32 Å². The second kappa shape index (κ2) is 6.83. The van der Waals surface area contributed by atoms with Crippen molar-refractivity contribution in [1.82, 2.24) is 19.9 Å². The molecule has 0 bridgehead atoms. The van der Waals surface area contributed by atoms with Crippen LogP contribution in [-0.2, 0) is 6.18 Å². The summed E-state index contributed by atoms with van der Waals surface area (Å²) in [6.07, 6.45) is 2.87. The summed E-state index contributed by atoms with van der Waals surface area (Å²) in [6.45, 7) is 2.06. The highest BCUT2D eigenvalue weighted by Gasteiger charge is 2.37. The van der Waals surface area contributed by atoms with E-state index in [0.717, 1.165) is 32.0 Å². The van der Waals surface area contributed by atoms with Crippen LogP contribution in [0.15, 0.2) is 30.6 Å². The van der Waals surface area contributed by atoms with E-state index in [1.54, 1.807) is 12.1 Å². The molecule has 0 aliphatic carbocycles. The molecule has 1 N–H and O–H groups in total. The van der Waals surface area contributed by atoms with Crippen molar-refractivity contribution in [3.05, 3.63) is 36.3 Å². The zero-order chi connectivity index (χ0) is 18.1. The maximum absolute atomic E-state index is 13.3. The minimum absolute atomic E-state index is 0.0585. The van der Waals surface area contributed by atoms with E-state index in [1.165, 1.54) is 25.2 Å². The summed E-state index contributed by atoms with van der Waals surface area (Å²) in [5.41, 5.74) is -0.417. The molecule has 138 valence electrons. The van der Waals surface area contributed by atoms with E-state index in [9.17, 15) is 13.2 Å². The van der Waals surface area contributed by atoms with Gasteiger partial charge >= 0.3 is 6.18 Å². The Morgan fingerprint density at radius 3 is 2.62 bits per heavy atom. The van der Waals surface area contributed by atoms with Crippen LogP contribution in [0.25, 0.3) is 11.4 Å². The third-order valence-electron chi connectivity index (χ3n) is 5.14. The molecular weight excluding hydrogens is 343 g/mol. The topological polar surface area (TPSA) is 53.9 Å². The molecule has 2 aromatic rings. The summed E-state index contributed by atoms with van der Waals surface area (Å²) in [5, 5.41) is 3.25. The average Bonchev–Trinajstić information content (AvgIpc) is 3.05. The van der Waals surface area contributed by atoms with Gasteiger partial charge in [0.2, 0.25) is 0 Å². The predicted molar refractivity (Wildman–Crippen MR) is 91.5 cm³/mol. The molecule has 2 aromatic heterocycles. The number of alkyl halides is 3. The van der Waals surface area contributed by atoms with E-state index < -0.39 is 11.9 Å². The maximum atomic E-state index is 13.3. The minimum Gasteiger partial charge on any atom is -0.366 e. The second-order valence-corrected chi connectivity index (χ2v) is 6.83. The second-order valence-electron chi connectivity index (χ2n) is 6.83. The van der Waals surface area contributed by atoms with Crippen molar-refractivity contribution in [2.24, 2.45) is 0 Å². The first-order chi connectivity index (χ1) is 12.5. The highest BCUT2D eigenvalue weighted by molar-refractivity contribution is 5.57. The zero-order valence-electron chi connectivity index (χ0n) is 14.2. The maximum Gasteiger partial charge on any atom is 0.433 e. The Labute approximate surface area is 149 Å². The van der Waals surface area contributed by atoms with E-state index in [2.05, 4.69) is 25.2 Å². The molecule has 2 atom stereocenters. The van der Waals surface area contributed by atoms with Crippen molar-refractivity contribution in [2.75, 3.05) is 18.4 Å². The van der Waals surface area contributed by atoms with Crippen molar-refractivity contribution in [2.45, 2.75) is 43.9 Å². The van der Waals surface area contributed by atoms with Gasteiger partial charge in [0.1, 0.15) is 5.82 Å². The smallest absolute Gasteiger partial charge is 0.366 e. The molecule has 5 nitrogen and oxygen atoms in total. The normalized spacial score (nSPS) is 23.7. The number of fused-ring (bicyclic) bond motifs is 1. The lowest BCUT2D eigenvalue weighted by molar-refractivity contribution is -0.141. The monoisotopic (exact) mass is 363 g/mol. The fourth-order valence-electron chi connectivity index (χ4n) is 3.90. The summed E-state index contributed by atoms with van der Waals surface area (Å²) >= 11 is 0. The van der Waals surface area contributed by atoms with Gasteiger partial charge in [-0.25, -0.2) is 9.97 Å². The van der Waals surface area contributed by atoms with Gasteiger partial charge in [-0.1, -0.05) is 6.42 Å². The van der Waals surface area contributed by atoms with Crippen molar-refractivity contribution in [1.29, 1.82) is 0 Å². The third-order valence-corrected chi connectivity index (χ3v) is 5.14. The highest BCUT2D eigenvalue weighted by Crippen LogP contribution is 2.33. The third kappa shape index (κ3) is 3.51. The Morgan fingerprint density at radius 2 is 1.85 bits per heavy atom. The highest BCUT2D eigenvalue weighted by atomic mass is 19.4. The number of pyridine rings is 1. The van der Waals surface area contributed by atoms with E-state index in [4.69, 9.17) is 0 Å². The summed E-state index contributed by atoms with van der Waals surface area (Å²) < 4.78 is 39.9. The van der Waals surface area contributed by atoms with Crippen LogP contribution >= 0.6 is 0 Å². The number of rotatable bonds is 3. The van der Waals surface area contributed by atoms with E-state index in [-0.39, 0.29) is 17.7 Å². The molecule has 8 heteroatoms. The van der Waals surface area contributed by atoms with Gasteiger partial charge in [-0.15, -0.1) is 0 Å². The van der Waals surface area contributed by atoms with Crippen LogP contribution in [0.4, 0.5) is 19.0 Å². The van der Waals surface area contributed by atoms with Gasteiger partial charge in [0, 0.05) is 42.7 Å². The lowest BCUT2D eigenvalue weighted by Gasteiger charge is -2.32. The van der Waals surface area contributed by atoms with Crippen LogP contribution in [-0.4, -0.2) is 45.0 Å². The van der Waals surface area contributed by atoms with Gasteiger partial charge in [0.25, 0.3) is 0 Å². The first kappa shape index (κ1) is 17.2. The fraction of sp³-hybridized carbons (Fsp3) is 0.500. The van der Waals surface area contributed by atoms with Gasteiger partial charge in [0.15, 0.2) is 11.5 Å². The number of nitrogens with zero attached hydrogens (tertiary/aromatic N) is 4. The first-order valence-corrected chi connectivity index (χ1v) is 8.88.